The zero-order chi connectivity index (χ0) is 17.8. The van der Waals surface area contributed by atoms with Crippen LogP contribution in [0.4, 0.5) is 0 Å². The summed E-state index contributed by atoms with van der Waals surface area (Å²) in [5.74, 6) is 0.567. The second-order valence-corrected chi connectivity index (χ2v) is 7.58. The smallest absolute Gasteiger partial charge is 0.226 e. The van der Waals surface area contributed by atoms with E-state index in [-0.39, 0.29) is 5.92 Å². The quantitative estimate of drug-likeness (QED) is 0.831. The third-order valence-corrected chi connectivity index (χ3v) is 5.68. The zero-order valence-corrected chi connectivity index (χ0v) is 15.4. The summed E-state index contributed by atoms with van der Waals surface area (Å²) in [4.78, 5) is 17.3. The molecule has 4 rings (SSSR count). The molecule has 0 radical (unpaired) electrons. The van der Waals surface area contributed by atoms with Crippen molar-refractivity contribution in [3.63, 3.8) is 0 Å². The van der Waals surface area contributed by atoms with E-state index in [0.29, 0.717) is 5.91 Å². The summed E-state index contributed by atoms with van der Waals surface area (Å²) in [6.45, 7) is 5.61. The fourth-order valence-electron chi connectivity index (χ4n) is 4.27. The van der Waals surface area contributed by atoms with Crippen LogP contribution in [-0.4, -0.2) is 51.7 Å². The number of likely N-dealkylation sites (tertiary alicyclic amines) is 2. The van der Waals surface area contributed by atoms with E-state index in [1.807, 2.05) is 23.1 Å². The van der Waals surface area contributed by atoms with Crippen molar-refractivity contribution in [2.75, 3.05) is 26.2 Å². The van der Waals surface area contributed by atoms with Gasteiger partial charge in [-0.05, 0) is 49.4 Å². The predicted octanol–water partition coefficient (Wildman–Crippen LogP) is 2.77. The molecule has 0 spiro atoms. The first-order valence-electron chi connectivity index (χ1n) is 9.85. The van der Waals surface area contributed by atoms with Crippen molar-refractivity contribution in [1.82, 2.24) is 19.6 Å². The van der Waals surface area contributed by atoms with Crippen LogP contribution in [0, 0.1) is 5.92 Å². The van der Waals surface area contributed by atoms with Crippen LogP contribution in [0.3, 0.4) is 0 Å². The number of piperidine rings is 1. The molecule has 5 heteroatoms. The Morgan fingerprint density at radius 1 is 1.00 bits per heavy atom. The van der Waals surface area contributed by atoms with Gasteiger partial charge in [0.2, 0.25) is 5.91 Å². The van der Waals surface area contributed by atoms with Gasteiger partial charge in [0, 0.05) is 38.6 Å². The number of rotatable bonds is 5. The van der Waals surface area contributed by atoms with Crippen LogP contribution in [0.1, 0.15) is 36.8 Å². The van der Waals surface area contributed by atoms with E-state index >= 15 is 0 Å². The highest BCUT2D eigenvalue weighted by Gasteiger charge is 2.30. The van der Waals surface area contributed by atoms with Gasteiger partial charge >= 0.3 is 0 Å². The van der Waals surface area contributed by atoms with Gasteiger partial charge in [-0.1, -0.05) is 24.3 Å². The van der Waals surface area contributed by atoms with Crippen LogP contribution in [0.25, 0.3) is 0 Å². The summed E-state index contributed by atoms with van der Waals surface area (Å²) in [6.07, 6.45) is 8.32. The molecule has 0 bridgehead atoms. The van der Waals surface area contributed by atoms with E-state index < -0.39 is 0 Å². The van der Waals surface area contributed by atoms with E-state index in [4.69, 9.17) is 0 Å². The van der Waals surface area contributed by atoms with Gasteiger partial charge in [0.1, 0.15) is 0 Å². The summed E-state index contributed by atoms with van der Waals surface area (Å²) < 4.78 is 1.97. The predicted molar refractivity (Wildman–Crippen MR) is 102 cm³/mol. The topological polar surface area (TPSA) is 41.4 Å². The van der Waals surface area contributed by atoms with Gasteiger partial charge in [0.15, 0.2) is 0 Å². The molecule has 26 heavy (non-hydrogen) atoms. The lowest BCUT2D eigenvalue weighted by Gasteiger charge is -2.34. The molecular weight excluding hydrogens is 324 g/mol. The van der Waals surface area contributed by atoms with Gasteiger partial charge in [-0.15, -0.1) is 0 Å². The Bertz CT molecular complexity index is 721. The minimum atomic E-state index is 0.181. The third-order valence-electron chi connectivity index (χ3n) is 5.68. The molecule has 5 nitrogen and oxygen atoms in total. The molecule has 0 saturated carbocycles. The first kappa shape index (κ1) is 17.3. The second kappa shape index (κ2) is 8.04. The highest BCUT2D eigenvalue weighted by molar-refractivity contribution is 5.79. The molecule has 138 valence electrons. The number of amides is 1. The van der Waals surface area contributed by atoms with Crippen LogP contribution in [0.5, 0.6) is 0 Å². The summed E-state index contributed by atoms with van der Waals surface area (Å²) >= 11 is 0. The van der Waals surface area contributed by atoms with Crippen molar-refractivity contribution >= 4 is 5.91 Å². The van der Waals surface area contributed by atoms with Crippen molar-refractivity contribution in [2.45, 2.75) is 38.8 Å². The van der Waals surface area contributed by atoms with Crippen LogP contribution in [0.2, 0.25) is 0 Å². The number of carbonyl (C=O) groups is 1. The maximum absolute atomic E-state index is 12.8. The lowest BCUT2D eigenvalue weighted by molar-refractivity contribution is -0.136. The number of hydrogen-bond donors (Lipinski definition) is 0. The molecule has 1 aromatic heterocycles. The molecule has 2 fully saturated rings. The first-order valence-corrected chi connectivity index (χ1v) is 9.85. The van der Waals surface area contributed by atoms with E-state index in [1.54, 1.807) is 0 Å². The normalized spacial score (nSPS) is 21.2. The van der Waals surface area contributed by atoms with Gasteiger partial charge in [0.05, 0.1) is 12.5 Å². The molecule has 0 aliphatic carbocycles. The summed E-state index contributed by atoms with van der Waals surface area (Å²) in [7, 11) is 0. The average molecular weight is 352 g/mol. The maximum Gasteiger partial charge on any atom is 0.226 e. The summed E-state index contributed by atoms with van der Waals surface area (Å²) in [5, 5.41) is 4.33. The highest BCUT2D eigenvalue weighted by atomic mass is 16.2. The Labute approximate surface area is 155 Å². The minimum Gasteiger partial charge on any atom is -0.342 e. The van der Waals surface area contributed by atoms with Crippen LogP contribution in [0.15, 0.2) is 42.7 Å². The van der Waals surface area contributed by atoms with Gasteiger partial charge in [-0.25, -0.2) is 0 Å². The van der Waals surface area contributed by atoms with E-state index in [2.05, 4.69) is 39.2 Å². The Morgan fingerprint density at radius 3 is 2.50 bits per heavy atom. The molecule has 1 aromatic carbocycles. The van der Waals surface area contributed by atoms with Crippen molar-refractivity contribution in [1.29, 1.82) is 0 Å². The van der Waals surface area contributed by atoms with E-state index in [9.17, 15) is 4.79 Å². The van der Waals surface area contributed by atoms with Gasteiger partial charge in [-0.2, -0.15) is 5.10 Å². The Morgan fingerprint density at radius 2 is 1.77 bits per heavy atom. The largest absolute Gasteiger partial charge is 0.342 e. The molecule has 1 unspecified atom stereocenters. The van der Waals surface area contributed by atoms with Crippen LogP contribution in [-0.2, 0) is 17.9 Å². The monoisotopic (exact) mass is 352 g/mol. The maximum atomic E-state index is 12.8. The molecule has 1 atom stereocenters. The fraction of sp³-hybridized carbons (Fsp3) is 0.524. The summed E-state index contributed by atoms with van der Waals surface area (Å²) in [6, 6.07) is 10.6. The van der Waals surface area contributed by atoms with Gasteiger partial charge < -0.3 is 4.90 Å². The number of aromatic nitrogens is 2. The minimum absolute atomic E-state index is 0.181. The third kappa shape index (κ3) is 3.98. The van der Waals surface area contributed by atoms with Crippen molar-refractivity contribution < 1.29 is 4.79 Å². The Hall–Kier alpha value is -2.14. The second-order valence-electron chi connectivity index (χ2n) is 7.58. The molecule has 0 N–H and O–H groups in total. The van der Waals surface area contributed by atoms with Gasteiger partial charge in [0.25, 0.3) is 0 Å². The Kier molecular flexibility index (Phi) is 5.34. The molecule has 3 heterocycles. The number of hydrogen-bond acceptors (Lipinski definition) is 3. The summed E-state index contributed by atoms with van der Waals surface area (Å²) in [5.41, 5.74) is 2.65. The SMILES string of the molecule is O=C(C1CCCN(Cc2ccccc2Cn2cccn2)C1)N1CCCC1. The van der Waals surface area contributed by atoms with E-state index in [1.165, 1.54) is 24.0 Å². The first-order chi connectivity index (χ1) is 12.8. The standard InChI is InChI=1S/C21H28N4O/c26-21(24-12-3-4-13-24)20-9-5-11-23(16-20)15-18-7-1-2-8-19(18)17-25-14-6-10-22-25/h1-2,6-8,10,14,20H,3-5,9,11-13,15-17H2. The van der Waals surface area contributed by atoms with Crippen molar-refractivity contribution in [3.05, 3.63) is 53.9 Å². The zero-order valence-electron chi connectivity index (χ0n) is 15.4. The lowest BCUT2D eigenvalue weighted by Crippen LogP contribution is -2.43. The van der Waals surface area contributed by atoms with Crippen LogP contribution >= 0.6 is 0 Å². The lowest BCUT2D eigenvalue weighted by atomic mass is 9.95. The Balaban J connectivity index is 1.41. The van der Waals surface area contributed by atoms with Crippen molar-refractivity contribution in [3.8, 4) is 0 Å². The highest BCUT2D eigenvalue weighted by Crippen LogP contribution is 2.23. The molecule has 2 aliphatic rings. The molecule has 2 saturated heterocycles. The fourth-order valence-corrected chi connectivity index (χ4v) is 4.27. The molecule has 2 aliphatic heterocycles. The molecule has 2 aromatic rings. The number of nitrogens with zero attached hydrogens (tertiary/aromatic N) is 4. The number of benzene rings is 1. The average Bonchev–Trinajstić information content (AvgIpc) is 3.37. The van der Waals surface area contributed by atoms with Crippen LogP contribution < -0.4 is 0 Å². The van der Waals surface area contributed by atoms with E-state index in [0.717, 1.165) is 52.1 Å². The molecular formula is C21H28N4O. The molecule has 1 amide bonds. The van der Waals surface area contributed by atoms with Crippen molar-refractivity contribution in [2.24, 2.45) is 5.92 Å². The van der Waals surface area contributed by atoms with Gasteiger partial charge in [-0.3, -0.25) is 14.4 Å². The number of carbonyl (C=O) groups excluding carboxylic acids is 1.